The van der Waals surface area contributed by atoms with Crippen molar-refractivity contribution in [1.82, 2.24) is 19.9 Å². The quantitative estimate of drug-likeness (QED) is 0.461. The number of ether oxygens (including phenoxy) is 2. The number of carbonyl (C=O) groups is 1. The number of halogens is 3. The molecule has 2 aliphatic rings. The summed E-state index contributed by atoms with van der Waals surface area (Å²) in [5, 5.41) is 4.18. The van der Waals surface area contributed by atoms with Gasteiger partial charge in [-0.1, -0.05) is 47.1 Å². The number of rotatable bonds is 5. The van der Waals surface area contributed by atoms with E-state index in [0.717, 1.165) is 16.7 Å². The van der Waals surface area contributed by atoms with Crippen molar-refractivity contribution >= 4 is 6.03 Å². The molecule has 8 nitrogen and oxygen atoms in total. The first-order valence-electron chi connectivity index (χ1n) is 12.6. The van der Waals surface area contributed by atoms with Gasteiger partial charge in [0.05, 0.1) is 19.1 Å². The third kappa shape index (κ3) is 6.27. The van der Waals surface area contributed by atoms with E-state index < -0.39 is 12.8 Å². The monoisotopic (exact) mass is 530 g/mol. The van der Waals surface area contributed by atoms with Crippen LogP contribution in [0.15, 0.2) is 53.1 Å². The van der Waals surface area contributed by atoms with Crippen molar-refractivity contribution in [2.24, 2.45) is 0 Å². The first-order valence-corrected chi connectivity index (χ1v) is 12.6. The minimum Gasteiger partial charge on any atom is -0.484 e. The molecule has 1 aromatic heterocycles. The molecule has 2 atom stereocenters. The summed E-state index contributed by atoms with van der Waals surface area (Å²) in [6, 6.07) is 14.3. The summed E-state index contributed by atoms with van der Waals surface area (Å²) in [6.07, 6.45) is -3.76. The van der Waals surface area contributed by atoms with Crippen molar-refractivity contribution in [3.8, 4) is 17.1 Å². The van der Waals surface area contributed by atoms with Gasteiger partial charge in [-0.15, -0.1) is 0 Å². The minimum atomic E-state index is -4.41. The van der Waals surface area contributed by atoms with Gasteiger partial charge in [-0.05, 0) is 31.0 Å². The summed E-state index contributed by atoms with van der Waals surface area (Å²) in [5.41, 5.74) is 2.86. The molecule has 2 aromatic carbocycles. The van der Waals surface area contributed by atoms with Crippen LogP contribution in [0.25, 0.3) is 11.4 Å². The van der Waals surface area contributed by atoms with E-state index in [9.17, 15) is 18.0 Å². The van der Waals surface area contributed by atoms with Crippen LogP contribution in [0.2, 0.25) is 0 Å². The first kappa shape index (κ1) is 26.0. The second-order valence-electron chi connectivity index (χ2n) is 9.71. The third-order valence-corrected chi connectivity index (χ3v) is 6.86. The number of likely N-dealkylation sites (tertiary alicyclic amines) is 1. The molecule has 2 aliphatic heterocycles. The molecule has 2 saturated heterocycles. The highest BCUT2D eigenvalue weighted by Gasteiger charge is 2.36. The number of hydrogen-bond donors (Lipinski definition) is 0. The zero-order valence-corrected chi connectivity index (χ0v) is 21.0. The number of amides is 2. The number of carbonyl (C=O) groups excluding carboxylic acids is 1. The van der Waals surface area contributed by atoms with E-state index in [1.54, 1.807) is 21.9 Å². The third-order valence-electron chi connectivity index (χ3n) is 6.86. The number of urea groups is 1. The average molecular weight is 531 g/mol. The summed E-state index contributed by atoms with van der Waals surface area (Å²) in [6.45, 7) is 3.58. The smallest absolute Gasteiger partial charge is 0.422 e. The van der Waals surface area contributed by atoms with Crippen LogP contribution in [0.3, 0.4) is 0 Å². The number of nitrogens with zero attached hydrogens (tertiary/aromatic N) is 4. The maximum Gasteiger partial charge on any atom is 0.422 e. The molecule has 3 heterocycles. The van der Waals surface area contributed by atoms with Gasteiger partial charge in [0.25, 0.3) is 0 Å². The van der Waals surface area contributed by atoms with Crippen LogP contribution in [0.4, 0.5) is 18.0 Å². The molecule has 2 unspecified atom stereocenters. The van der Waals surface area contributed by atoms with E-state index in [4.69, 9.17) is 14.0 Å². The minimum absolute atomic E-state index is 0.0774. The van der Waals surface area contributed by atoms with Gasteiger partial charge in [0.1, 0.15) is 5.75 Å². The van der Waals surface area contributed by atoms with E-state index in [-0.39, 0.29) is 23.6 Å². The Morgan fingerprint density at radius 1 is 1.00 bits per heavy atom. The Morgan fingerprint density at radius 3 is 2.37 bits per heavy atom. The highest BCUT2D eigenvalue weighted by molar-refractivity contribution is 5.75. The summed E-state index contributed by atoms with van der Waals surface area (Å²) in [4.78, 5) is 21.6. The van der Waals surface area contributed by atoms with Gasteiger partial charge in [-0.25, -0.2) is 4.79 Å². The molecule has 202 valence electrons. The van der Waals surface area contributed by atoms with Crippen LogP contribution in [0, 0.1) is 6.92 Å². The Hall–Kier alpha value is -3.60. The molecule has 3 aromatic rings. The zero-order chi connectivity index (χ0) is 26.7. The average Bonchev–Trinajstić information content (AvgIpc) is 3.42. The van der Waals surface area contributed by atoms with Gasteiger partial charge in [0.15, 0.2) is 6.61 Å². The van der Waals surface area contributed by atoms with Crippen LogP contribution < -0.4 is 4.74 Å². The normalized spacial score (nSPS) is 20.4. The van der Waals surface area contributed by atoms with E-state index >= 15 is 0 Å². The van der Waals surface area contributed by atoms with Crippen molar-refractivity contribution in [2.75, 3.05) is 46.0 Å². The largest absolute Gasteiger partial charge is 0.484 e. The predicted molar refractivity (Wildman–Crippen MR) is 132 cm³/mol. The Bertz CT molecular complexity index is 1220. The van der Waals surface area contributed by atoms with Gasteiger partial charge in [0, 0.05) is 37.7 Å². The van der Waals surface area contributed by atoms with E-state index in [0.29, 0.717) is 57.5 Å². The Kier molecular flexibility index (Phi) is 7.55. The second-order valence-corrected chi connectivity index (χ2v) is 9.71. The molecule has 5 rings (SSSR count). The summed E-state index contributed by atoms with van der Waals surface area (Å²) >= 11 is 0. The molecule has 0 aliphatic carbocycles. The molecular formula is C27H29F3N4O4. The number of morpholine rings is 1. The molecule has 38 heavy (non-hydrogen) atoms. The number of aryl methyl sites for hydroxylation is 1. The van der Waals surface area contributed by atoms with Crippen LogP contribution >= 0.6 is 0 Å². The lowest BCUT2D eigenvalue weighted by Crippen LogP contribution is -2.52. The van der Waals surface area contributed by atoms with Crippen LogP contribution in [0.5, 0.6) is 5.75 Å². The van der Waals surface area contributed by atoms with Crippen molar-refractivity contribution in [3.05, 3.63) is 65.5 Å². The maximum atomic E-state index is 13.4. The number of hydrogen-bond acceptors (Lipinski definition) is 6. The Labute approximate surface area is 218 Å². The van der Waals surface area contributed by atoms with Gasteiger partial charge < -0.3 is 23.8 Å². The number of benzene rings is 2. The number of alkyl halides is 3. The topological polar surface area (TPSA) is 80.9 Å². The first-order chi connectivity index (χ1) is 18.2. The molecule has 2 fully saturated rings. The maximum absolute atomic E-state index is 13.4. The van der Waals surface area contributed by atoms with E-state index in [2.05, 4.69) is 10.1 Å². The fraction of sp³-hybridized carbons (Fsp3) is 0.444. The summed E-state index contributed by atoms with van der Waals surface area (Å²) in [7, 11) is 0. The molecule has 0 saturated carbocycles. The lowest BCUT2D eigenvalue weighted by molar-refractivity contribution is -0.153. The highest BCUT2D eigenvalue weighted by Crippen LogP contribution is 2.37. The zero-order valence-electron chi connectivity index (χ0n) is 21.0. The van der Waals surface area contributed by atoms with Crippen molar-refractivity contribution in [3.63, 3.8) is 0 Å². The molecule has 0 spiro atoms. The van der Waals surface area contributed by atoms with Crippen LogP contribution in [0.1, 0.15) is 35.3 Å². The molecule has 0 N–H and O–H groups in total. The lowest BCUT2D eigenvalue weighted by Gasteiger charge is -2.40. The van der Waals surface area contributed by atoms with Crippen LogP contribution in [-0.4, -0.2) is 78.1 Å². The fourth-order valence-electron chi connectivity index (χ4n) is 4.85. The predicted octanol–water partition coefficient (Wildman–Crippen LogP) is 5.01. The van der Waals surface area contributed by atoms with Gasteiger partial charge in [-0.3, -0.25) is 0 Å². The van der Waals surface area contributed by atoms with Crippen molar-refractivity contribution in [1.29, 1.82) is 0 Å². The lowest BCUT2D eigenvalue weighted by atomic mass is 9.84. The molecule has 0 radical (unpaired) electrons. The summed E-state index contributed by atoms with van der Waals surface area (Å²) < 4.78 is 53.5. The highest BCUT2D eigenvalue weighted by atomic mass is 19.4. The molecule has 0 bridgehead atoms. The second kappa shape index (κ2) is 11.0. The van der Waals surface area contributed by atoms with Crippen molar-refractivity contribution < 1.29 is 32.0 Å². The van der Waals surface area contributed by atoms with Crippen molar-refractivity contribution in [2.45, 2.75) is 31.4 Å². The number of piperidine rings is 1. The van der Waals surface area contributed by atoms with Crippen LogP contribution in [-0.2, 0) is 4.74 Å². The molecule has 2 amide bonds. The SMILES string of the molecule is Cc1ccc(-c2noc(C3CC(c4ccc(OCC(F)(F)F)cc4)CN(C(=O)N4CCOCC4)C3)n2)cc1. The van der Waals surface area contributed by atoms with Gasteiger partial charge >= 0.3 is 12.2 Å². The molecule has 11 heteroatoms. The van der Waals surface area contributed by atoms with Gasteiger partial charge in [0.2, 0.25) is 11.7 Å². The number of aromatic nitrogens is 2. The summed E-state index contributed by atoms with van der Waals surface area (Å²) in [5.74, 6) is 0.797. The fourth-order valence-corrected chi connectivity index (χ4v) is 4.85. The molecular weight excluding hydrogens is 501 g/mol. The standard InChI is InChI=1S/C27H29F3N4O4/c1-18-2-4-20(5-3-18)24-31-25(38-32-24)22-14-21(15-34(16-22)26(35)33-10-12-36-13-11-33)19-6-8-23(9-7-19)37-17-27(28,29)30/h2-9,21-22H,10-17H2,1H3. The van der Waals surface area contributed by atoms with Gasteiger partial charge in [-0.2, -0.15) is 18.2 Å². The Balaban J connectivity index is 1.37. The Morgan fingerprint density at radius 2 is 1.68 bits per heavy atom. The van der Waals surface area contributed by atoms with E-state index in [1.165, 1.54) is 12.1 Å². The van der Waals surface area contributed by atoms with E-state index in [1.807, 2.05) is 31.2 Å².